The van der Waals surface area contributed by atoms with Crippen molar-refractivity contribution in [3.05, 3.63) is 215 Å². The number of aliphatic hydroxyl groups is 2. The second kappa shape index (κ2) is 39.3. The maximum Gasteiger partial charge on any atom is 0.416 e. The number of nitrogen functional groups attached to an aromatic ring is 1. The fraction of sp³-hybridized carbons (Fsp3) is 0.361. The third kappa shape index (κ3) is 21.2. The topological polar surface area (TPSA) is 410 Å². The monoisotopic (exact) mass is 1600 g/mol. The fourth-order valence-corrected chi connectivity index (χ4v) is 13.7. The number of hydrazone groups is 1. The summed E-state index contributed by atoms with van der Waals surface area (Å²) in [5.41, 5.74) is 14.6. The zero-order chi connectivity index (χ0) is 84.5. The first-order valence-corrected chi connectivity index (χ1v) is 37.3. The van der Waals surface area contributed by atoms with Gasteiger partial charge in [0.05, 0.1) is 70.4 Å². The molecule has 9 heterocycles. The van der Waals surface area contributed by atoms with Crippen molar-refractivity contribution in [2.45, 2.75) is 105 Å². The van der Waals surface area contributed by atoms with E-state index in [1.807, 2.05) is 59.3 Å². The molecule has 116 heavy (non-hydrogen) atoms. The number of ketones is 1. The van der Waals surface area contributed by atoms with Crippen LogP contribution in [0.5, 0.6) is 23.0 Å². The van der Waals surface area contributed by atoms with Gasteiger partial charge >= 0.3 is 17.9 Å². The molecule has 4 aromatic carbocycles. The van der Waals surface area contributed by atoms with Crippen LogP contribution in [0.25, 0.3) is 22.0 Å². The number of alkyl halides is 3. The molecule has 5 bridgehead atoms. The molecule has 0 radical (unpaired) electrons. The highest BCUT2D eigenvalue weighted by Crippen LogP contribution is 2.55. The number of nitrogens with zero attached hydrogens (tertiary/aromatic N) is 10. The van der Waals surface area contributed by atoms with Gasteiger partial charge in [0, 0.05) is 185 Å². The number of rotatable bonds is 12. The predicted molar refractivity (Wildman–Crippen MR) is 428 cm³/mol. The highest BCUT2D eigenvalue weighted by molar-refractivity contribution is 6.24. The fourth-order valence-electron chi connectivity index (χ4n) is 13.7. The van der Waals surface area contributed by atoms with Crippen LogP contribution in [0.15, 0.2) is 170 Å². The lowest BCUT2D eigenvalue weighted by atomic mass is 9.78. The molecule has 4 aromatic heterocycles. The number of primary amides is 1. The molecule has 5 aliphatic heterocycles. The zero-order valence-corrected chi connectivity index (χ0v) is 66.2. The van der Waals surface area contributed by atoms with Crippen LogP contribution < -0.4 is 37.4 Å². The summed E-state index contributed by atoms with van der Waals surface area (Å²) in [6.45, 7) is 20.4. The van der Waals surface area contributed by atoms with Gasteiger partial charge in [-0.25, -0.2) is 10.8 Å². The lowest BCUT2D eigenvalue weighted by Crippen LogP contribution is -2.46. The summed E-state index contributed by atoms with van der Waals surface area (Å²) in [6.07, 6.45) is 11.0. The number of amides is 4. The number of pyridine rings is 2. The number of aromatic nitrogens is 5. The number of nitrogens with two attached hydrogens (primary N) is 2. The van der Waals surface area contributed by atoms with Gasteiger partial charge in [-0.3, -0.25) is 69.2 Å². The average Bonchev–Trinajstić information content (AvgIpc) is 1.25. The Morgan fingerprint density at radius 1 is 0.767 bits per heavy atom. The zero-order valence-electron chi connectivity index (χ0n) is 66.2. The van der Waals surface area contributed by atoms with Crippen molar-refractivity contribution in [3.63, 3.8) is 0 Å². The quantitative estimate of drug-likeness (QED) is 0.0104. The maximum atomic E-state index is 14.4. The first-order chi connectivity index (χ1) is 55.2. The Morgan fingerprint density at radius 2 is 1.41 bits per heavy atom. The van der Waals surface area contributed by atoms with Gasteiger partial charge in [0.1, 0.15) is 29.0 Å². The molecule has 0 unspecified atom stereocenters. The van der Waals surface area contributed by atoms with E-state index in [4.69, 9.17) is 30.5 Å². The number of fused-ring (bicyclic) bond motifs is 14. The van der Waals surface area contributed by atoms with Crippen LogP contribution >= 0.6 is 0 Å². The summed E-state index contributed by atoms with van der Waals surface area (Å²) in [6, 6.07) is 24.0. The number of phenolic OH excluding ortho intramolecular Hbond substituents is 3. The lowest BCUT2D eigenvalue weighted by molar-refractivity contribution is -0.160. The molecular weight excluding hydrogens is 1500 g/mol. The van der Waals surface area contributed by atoms with Crippen molar-refractivity contribution >= 4 is 63.7 Å². The van der Waals surface area contributed by atoms with Crippen molar-refractivity contribution in [2.24, 2.45) is 40.3 Å². The predicted octanol–water partition coefficient (Wildman–Crippen LogP) is 9.18. The Bertz CT molecular complexity index is 4910. The van der Waals surface area contributed by atoms with Crippen LogP contribution in [0.1, 0.15) is 118 Å². The number of hydrogen-bond donors (Lipinski definition) is 10. The number of hydrogen-bond acceptors (Lipinski definition) is 25. The van der Waals surface area contributed by atoms with E-state index in [0.717, 1.165) is 41.7 Å². The molecule has 2 fully saturated rings. The number of Topliss-reactive ketones (excluding diaryl/α,β-unsaturated/α-hetero) is 1. The molecule has 0 saturated carbocycles. The summed E-state index contributed by atoms with van der Waals surface area (Å²) in [5.74, 6) is -4.55. The summed E-state index contributed by atoms with van der Waals surface area (Å²) >= 11 is 0. The summed E-state index contributed by atoms with van der Waals surface area (Å²) in [5, 5.41) is 66.8. The minimum Gasteiger partial charge on any atom is -0.507 e. The molecule has 9 atom stereocenters. The first kappa shape index (κ1) is 87.8. The van der Waals surface area contributed by atoms with Crippen LogP contribution in [-0.2, 0) is 36.5 Å². The number of aliphatic hydroxyl groups excluding tert-OH is 2. The molecular formula is C83H98F3N15O15. The number of piperazine rings is 2. The van der Waals surface area contributed by atoms with E-state index in [2.05, 4.69) is 51.6 Å². The van der Waals surface area contributed by atoms with Crippen molar-refractivity contribution in [1.82, 2.24) is 44.8 Å². The van der Waals surface area contributed by atoms with Gasteiger partial charge in [-0.1, -0.05) is 82.3 Å². The Morgan fingerprint density at radius 3 is 2.00 bits per heavy atom. The number of methoxy groups -OCH3 is 1. The molecule has 13 rings (SSSR count). The largest absolute Gasteiger partial charge is 0.507 e. The summed E-state index contributed by atoms with van der Waals surface area (Å²) in [4.78, 5) is 95.9. The molecule has 8 aromatic rings. The van der Waals surface area contributed by atoms with E-state index < -0.39 is 106 Å². The van der Waals surface area contributed by atoms with E-state index in [1.54, 1.807) is 87.6 Å². The van der Waals surface area contributed by atoms with Gasteiger partial charge in [0.25, 0.3) is 29.4 Å². The van der Waals surface area contributed by atoms with Gasteiger partial charge in [-0.05, 0) is 88.0 Å². The van der Waals surface area contributed by atoms with Crippen molar-refractivity contribution in [2.75, 3.05) is 82.2 Å². The summed E-state index contributed by atoms with van der Waals surface area (Å²) < 4.78 is 64.9. The highest BCUT2D eigenvalue weighted by atomic mass is 19.4. The number of nitrogens with one attached hydrogen (secondary N) is 3. The molecule has 4 amide bonds. The molecule has 0 aliphatic carbocycles. The number of ether oxygens (including phenoxy) is 4. The van der Waals surface area contributed by atoms with Crippen LogP contribution in [0.3, 0.4) is 0 Å². The SMILES string of the molecule is CO[C@H]1/C=C/O[C@@]2(C)Oc3c(C)c(O)c4c(O)c(c(C=NN5CCN(C)CC5)c(O)c4c3C2=O)NC(=O)/C(C)=C\C=C\[C@H](C)[C@H](O)[C@@H](C)[C@@H](O)[C@@H](C)[C@H](OC(C)=O)[C@@H]1C.Cc1c(CN2CCN(c3cccc(C(F)(F)F)c3)CC2)cc(-c2ccccc2)n1NC(=O)c1ccncc1.NC(=O)c1cnccn1.NNC(=O)c1ccncc1. The van der Waals surface area contributed by atoms with E-state index in [9.17, 15) is 67.5 Å². The number of carbonyl (C=O) groups excluding carboxylic acids is 6. The van der Waals surface area contributed by atoms with Gasteiger partial charge in [0.2, 0.25) is 0 Å². The van der Waals surface area contributed by atoms with Gasteiger partial charge in [0.15, 0.2) is 5.75 Å². The third-order valence-corrected chi connectivity index (χ3v) is 20.6. The number of hydrazine groups is 1. The number of esters is 1. The van der Waals surface area contributed by atoms with E-state index in [0.29, 0.717) is 62.6 Å². The Balaban J connectivity index is 0.000000226. The Hall–Kier alpha value is -12.1. The van der Waals surface area contributed by atoms with E-state index in [-0.39, 0.29) is 62.0 Å². The van der Waals surface area contributed by atoms with Crippen LogP contribution in [0.2, 0.25) is 0 Å². The number of anilines is 2. The molecule has 12 N–H and O–H groups in total. The van der Waals surface area contributed by atoms with Crippen LogP contribution in [0.4, 0.5) is 24.5 Å². The number of benzene rings is 4. The third-order valence-electron chi connectivity index (χ3n) is 20.6. The number of likely N-dealkylation sites (N-methyl/N-ethyl adjacent to an activating group) is 1. The van der Waals surface area contributed by atoms with E-state index in [1.165, 1.54) is 103 Å². The molecule has 33 heteroatoms. The first-order valence-electron chi connectivity index (χ1n) is 37.3. The van der Waals surface area contributed by atoms with Crippen molar-refractivity contribution in [3.8, 4) is 34.3 Å². The number of halogens is 3. The Labute approximate surface area is 668 Å². The van der Waals surface area contributed by atoms with Gasteiger partial charge in [-0.15, -0.1) is 0 Å². The van der Waals surface area contributed by atoms with Gasteiger partial charge < -0.3 is 65.3 Å². The standard InChI is InChI=1S/C43H58N4O12.C29H28F3N5O.C6H7N3O.C5H5N3O/c1-21-12-11-13-22(2)42(55)45-33-28(20-44-47-17-15-46(9)16-18-47)37(52)30-31(38(33)53)36(51)26(6)40-32(30)41(54)43(8,59-40)57-19-14-29(56-10)23(3)39(58-27(7)48)25(5)35(50)24(4)34(21)49;1-21-24(20-35-14-16-36(17-15-35)26-9-5-8-25(19-26)29(30,31)32)18-27(22-6-3-2-4-7-22)37(21)34-28(38)23-10-12-33-13-11-23;7-9-6(10)5-1-3-8-4-2-5;6-5(9)4-3-7-1-2-8-4/h11-14,19-21,23-25,29,34-35,39,49-53H,15-18H2,1-10H3,(H,45,55);2-13,18-19H,14-17,20H2,1H3,(H,34,38);1-4H,7H2,(H,9,10);1-3H,(H2,6,9)/b12-11+,19-14+,22-13-,44-20?;;;/t21-,23+,24+,25+,29-,34-,35+,39+,43-;;;/m0.../s1. The number of allylic oxidation sites excluding steroid dienone is 2. The lowest BCUT2D eigenvalue weighted by Gasteiger charge is -2.38. The number of carbonyl (C=O) groups is 6. The van der Waals surface area contributed by atoms with Gasteiger partial charge in [-0.2, -0.15) is 18.3 Å². The second-order valence-corrected chi connectivity index (χ2v) is 28.6. The maximum absolute atomic E-state index is 14.4. The molecule has 30 nitrogen and oxygen atoms in total. The summed E-state index contributed by atoms with van der Waals surface area (Å²) in [7, 11) is 3.42. The average molecular weight is 1600 g/mol. The smallest absolute Gasteiger partial charge is 0.416 e. The molecule has 616 valence electrons. The number of phenols is 3. The van der Waals surface area contributed by atoms with Crippen LogP contribution in [0, 0.1) is 37.5 Å². The molecule has 2 saturated heterocycles. The minimum absolute atomic E-state index is 0.0559. The Kier molecular flexibility index (Phi) is 29.7. The molecule has 5 aliphatic rings. The van der Waals surface area contributed by atoms with Crippen LogP contribution in [-0.4, -0.2) is 203 Å². The normalized spacial score (nSPS) is 22.5. The minimum atomic E-state index is -4.36. The van der Waals surface area contributed by atoms with Crippen molar-refractivity contribution in [1.29, 1.82) is 0 Å². The van der Waals surface area contributed by atoms with E-state index >= 15 is 0 Å². The highest BCUT2D eigenvalue weighted by Gasteiger charge is 2.50. The molecule has 0 spiro atoms. The van der Waals surface area contributed by atoms with Crippen molar-refractivity contribution < 1.29 is 86.4 Å². The second-order valence-electron chi connectivity index (χ2n) is 28.6. The number of aromatic hydroxyl groups is 3.